The molecule has 1 aliphatic heterocycles. The van der Waals surface area contributed by atoms with Crippen LogP contribution in [0.3, 0.4) is 0 Å². The number of carboxylic acid groups (broad SMARTS) is 1. The molecule has 2 unspecified atom stereocenters. The highest BCUT2D eigenvalue weighted by Crippen LogP contribution is 2.21. The summed E-state index contributed by atoms with van der Waals surface area (Å²) in [5, 5.41) is 9.22. The third-order valence-electron chi connectivity index (χ3n) is 3.79. The predicted octanol–water partition coefficient (Wildman–Crippen LogP) is 1.65. The second-order valence-corrected chi connectivity index (χ2v) is 5.05. The van der Waals surface area contributed by atoms with E-state index in [1.807, 2.05) is 13.8 Å². The van der Waals surface area contributed by atoms with Gasteiger partial charge in [0.05, 0.1) is 19.3 Å². The highest BCUT2D eigenvalue weighted by atomic mass is 16.5. The van der Waals surface area contributed by atoms with Crippen molar-refractivity contribution in [2.24, 2.45) is 5.92 Å². The average molecular weight is 286 g/mol. The zero-order valence-corrected chi connectivity index (χ0v) is 12.7. The quantitative estimate of drug-likeness (QED) is 0.772. The monoisotopic (exact) mass is 286 g/mol. The number of unbranched alkanes of at least 4 members (excludes halogenated alkanes) is 1. The lowest BCUT2D eigenvalue weighted by Gasteiger charge is -2.34. The van der Waals surface area contributed by atoms with Gasteiger partial charge in [-0.3, -0.25) is 4.79 Å². The zero-order valence-electron chi connectivity index (χ0n) is 12.7. The minimum Gasteiger partial charge on any atom is -0.481 e. The summed E-state index contributed by atoms with van der Waals surface area (Å²) < 4.78 is 5.27. The number of carbonyl (C=O) groups is 2. The van der Waals surface area contributed by atoms with Crippen molar-refractivity contribution < 1.29 is 19.4 Å². The lowest BCUT2D eigenvalue weighted by molar-refractivity contribution is -0.142. The van der Waals surface area contributed by atoms with Crippen molar-refractivity contribution in [3.05, 3.63) is 0 Å². The predicted molar refractivity (Wildman–Crippen MR) is 75.7 cm³/mol. The first-order chi connectivity index (χ1) is 9.56. The summed E-state index contributed by atoms with van der Waals surface area (Å²) in [6.07, 6.45) is 1.99. The molecule has 0 aromatic rings. The topological polar surface area (TPSA) is 70.1 Å². The number of ether oxygens (including phenoxy) is 1. The Morgan fingerprint density at radius 1 is 1.20 bits per heavy atom. The van der Waals surface area contributed by atoms with Crippen LogP contribution in [-0.4, -0.2) is 65.8 Å². The molecule has 0 aromatic heterocycles. The molecule has 1 N–H and O–H groups in total. The molecule has 0 bridgehead atoms. The number of rotatable bonds is 7. The molecule has 0 radical (unpaired) electrons. The molecular formula is C14H26N2O4. The number of likely N-dealkylation sites (N-methyl/N-ethyl adjacent to an activating group) is 1. The molecule has 1 fully saturated rings. The largest absolute Gasteiger partial charge is 0.481 e. The summed E-state index contributed by atoms with van der Waals surface area (Å²) in [6.45, 7) is 8.26. The van der Waals surface area contributed by atoms with Gasteiger partial charge in [0.1, 0.15) is 5.92 Å². The first kappa shape index (κ1) is 16.8. The maximum absolute atomic E-state index is 12.6. The summed E-state index contributed by atoms with van der Waals surface area (Å²) in [4.78, 5) is 27.2. The molecule has 116 valence electrons. The van der Waals surface area contributed by atoms with E-state index in [-0.39, 0.29) is 18.7 Å². The summed E-state index contributed by atoms with van der Waals surface area (Å²) >= 11 is 0. The van der Waals surface area contributed by atoms with E-state index in [1.54, 1.807) is 9.80 Å². The number of urea groups is 1. The van der Waals surface area contributed by atoms with Crippen molar-refractivity contribution >= 4 is 12.0 Å². The molecule has 6 nitrogen and oxygen atoms in total. The number of carbonyl (C=O) groups excluding carboxylic acids is 1. The Balaban J connectivity index is 2.77. The first-order valence-corrected chi connectivity index (χ1v) is 7.42. The van der Waals surface area contributed by atoms with Crippen LogP contribution < -0.4 is 0 Å². The number of amides is 2. The van der Waals surface area contributed by atoms with Crippen molar-refractivity contribution in [2.45, 2.75) is 39.7 Å². The van der Waals surface area contributed by atoms with E-state index in [1.165, 1.54) is 0 Å². The second kappa shape index (κ2) is 8.09. The fraction of sp³-hybridized carbons (Fsp3) is 0.857. The van der Waals surface area contributed by atoms with Crippen molar-refractivity contribution in [2.75, 3.05) is 32.8 Å². The molecule has 0 spiro atoms. The minimum absolute atomic E-state index is 0.0785. The van der Waals surface area contributed by atoms with Crippen LogP contribution in [-0.2, 0) is 9.53 Å². The lowest BCUT2D eigenvalue weighted by atomic mass is 10.0. The van der Waals surface area contributed by atoms with E-state index in [0.29, 0.717) is 26.2 Å². The molecule has 0 aliphatic carbocycles. The van der Waals surface area contributed by atoms with Crippen LogP contribution in [0, 0.1) is 5.92 Å². The summed E-state index contributed by atoms with van der Waals surface area (Å²) in [5.41, 5.74) is 0. The van der Waals surface area contributed by atoms with Gasteiger partial charge in [-0.05, 0) is 20.3 Å². The van der Waals surface area contributed by atoms with Gasteiger partial charge in [-0.1, -0.05) is 13.3 Å². The highest BCUT2D eigenvalue weighted by molar-refractivity contribution is 5.77. The number of aliphatic carboxylic acids is 1. The Morgan fingerprint density at radius 2 is 1.90 bits per heavy atom. The third kappa shape index (κ3) is 3.85. The van der Waals surface area contributed by atoms with Crippen LogP contribution in [0.5, 0.6) is 0 Å². The average Bonchev–Trinajstić information content (AvgIpc) is 2.90. The SMILES string of the molecule is CCCCN(CC)C(=O)N(CC)C1COCC1C(=O)O. The Labute approximate surface area is 120 Å². The van der Waals surface area contributed by atoms with E-state index < -0.39 is 11.9 Å². The van der Waals surface area contributed by atoms with E-state index >= 15 is 0 Å². The summed E-state index contributed by atoms with van der Waals surface area (Å²) in [5.74, 6) is -1.51. The second-order valence-electron chi connectivity index (χ2n) is 5.05. The van der Waals surface area contributed by atoms with E-state index in [9.17, 15) is 14.7 Å². The fourth-order valence-corrected chi connectivity index (χ4v) is 2.52. The molecular weight excluding hydrogens is 260 g/mol. The number of hydrogen-bond acceptors (Lipinski definition) is 3. The number of carboxylic acids is 1. The molecule has 1 saturated heterocycles. The maximum atomic E-state index is 12.6. The van der Waals surface area contributed by atoms with Gasteiger partial charge in [-0.2, -0.15) is 0 Å². The maximum Gasteiger partial charge on any atom is 0.320 e. The smallest absolute Gasteiger partial charge is 0.320 e. The fourth-order valence-electron chi connectivity index (χ4n) is 2.52. The highest BCUT2D eigenvalue weighted by Gasteiger charge is 2.40. The molecule has 0 aromatic carbocycles. The van der Waals surface area contributed by atoms with Gasteiger partial charge in [0.15, 0.2) is 0 Å². The van der Waals surface area contributed by atoms with Gasteiger partial charge < -0.3 is 19.6 Å². The molecule has 2 amide bonds. The Morgan fingerprint density at radius 3 is 2.40 bits per heavy atom. The van der Waals surface area contributed by atoms with E-state index in [0.717, 1.165) is 12.8 Å². The van der Waals surface area contributed by atoms with Crippen molar-refractivity contribution in [1.82, 2.24) is 9.80 Å². The molecule has 1 aliphatic rings. The summed E-state index contributed by atoms with van der Waals surface area (Å²) in [6, 6.07) is -0.439. The zero-order chi connectivity index (χ0) is 15.1. The molecule has 6 heteroatoms. The van der Waals surface area contributed by atoms with Crippen LogP contribution in [0.15, 0.2) is 0 Å². The van der Waals surface area contributed by atoms with E-state index in [2.05, 4.69) is 6.92 Å². The molecule has 1 rings (SSSR count). The Hall–Kier alpha value is -1.30. The molecule has 2 atom stereocenters. The van der Waals surface area contributed by atoms with Gasteiger partial charge in [0, 0.05) is 19.6 Å². The van der Waals surface area contributed by atoms with Gasteiger partial charge in [0.25, 0.3) is 0 Å². The first-order valence-electron chi connectivity index (χ1n) is 7.42. The number of nitrogens with zero attached hydrogens (tertiary/aromatic N) is 2. The third-order valence-corrected chi connectivity index (χ3v) is 3.79. The normalized spacial score (nSPS) is 21.8. The molecule has 1 heterocycles. The van der Waals surface area contributed by atoms with Gasteiger partial charge >= 0.3 is 12.0 Å². The standard InChI is InChI=1S/C14H26N2O4/c1-4-7-8-15(5-2)14(19)16(6-3)12-10-20-9-11(12)13(17)18/h11-12H,4-10H2,1-3H3,(H,17,18). The van der Waals surface area contributed by atoms with Crippen molar-refractivity contribution in [1.29, 1.82) is 0 Å². The number of hydrogen-bond donors (Lipinski definition) is 1. The van der Waals surface area contributed by atoms with Gasteiger partial charge in [-0.25, -0.2) is 4.79 Å². The molecule has 0 saturated carbocycles. The van der Waals surface area contributed by atoms with Crippen LogP contribution in [0.4, 0.5) is 4.79 Å². The van der Waals surface area contributed by atoms with E-state index in [4.69, 9.17) is 4.74 Å². The van der Waals surface area contributed by atoms with Crippen molar-refractivity contribution in [3.63, 3.8) is 0 Å². The summed E-state index contributed by atoms with van der Waals surface area (Å²) in [7, 11) is 0. The minimum atomic E-state index is -0.893. The Kier molecular flexibility index (Phi) is 6.78. The lowest BCUT2D eigenvalue weighted by Crippen LogP contribution is -2.52. The molecule has 20 heavy (non-hydrogen) atoms. The Bertz CT molecular complexity index is 335. The van der Waals surface area contributed by atoms with Crippen LogP contribution in [0.1, 0.15) is 33.6 Å². The van der Waals surface area contributed by atoms with Crippen LogP contribution >= 0.6 is 0 Å². The van der Waals surface area contributed by atoms with Gasteiger partial charge in [0.2, 0.25) is 0 Å². The van der Waals surface area contributed by atoms with Gasteiger partial charge in [-0.15, -0.1) is 0 Å². The van der Waals surface area contributed by atoms with Crippen LogP contribution in [0.25, 0.3) is 0 Å². The van der Waals surface area contributed by atoms with Crippen molar-refractivity contribution in [3.8, 4) is 0 Å². The van der Waals surface area contributed by atoms with Crippen LogP contribution in [0.2, 0.25) is 0 Å².